The molecule has 0 bridgehead atoms. The van der Waals surface area contributed by atoms with Gasteiger partial charge in [0.25, 0.3) is 0 Å². The van der Waals surface area contributed by atoms with Gasteiger partial charge in [-0.2, -0.15) is 0 Å². The van der Waals surface area contributed by atoms with Crippen LogP contribution in [0.3, 0.4) is 0 Å². The van der Waals surface area contributed by atoms with Crippen LogP contribution in [0.1, 0.15) is 31.2 Å². The first-order valence-electron chi connectivity index (χ1n) is 8.95. The summed E-state index contributed by atoms with van der Waals surface area (Å²) in [6.07, 6.45) is 2.24. The molecule has 1 aliphatic heterocycles. The average molecular weight is 376 g/mol. The van der Waals surface area contributed by atoms with E-state index in [4.69, 9.17) is 5.11 Å². The van der Waals surface area contributed by atoms with Crippen LogP contribution in [0.2, 0.25) is 0 Å². The molecule has 3 rings (SSSR count). The first-order chi connectivity index (χ1) is 12.5. The summed E-state index contributed by atoms with van der Waals surface area (Å²) in [5.41, 5.74) is 1.75. The number of anilines is 1. The Morgan fingerprint density at radius 3 is 2.42 bits per heavy atom. The highest BCUT2D eigenvalue weighted by atomic mass is 32.2. The Labute approximate surface area is 157 Å². The number of hydrogen-bond acceptors (Lipinski definition) is 4. The molecule has 2 fully saturated rings. The molecule has 1 unspecified atom stereocenters. The number of hydrogen-bond donors (Lipinski definition) is 2. The van der Waals surface area contributed by atoms with Crippen LogP contribution in [0.4, 0.5) is 5.69 Å². The molecule has 1 aliphatic carbocycles. The lowest BCUT2D eigenvalue weighted by Crippen LogP contribution is -2.47. The zero-order valence-corrected chi connectivity index (χ0v) is 15.6. The van der Waals surface area contributed by atoms with Crippen molar-refractivity contribution in [1.29, 1.82) is 0 Å². The van der Waals surface area contributed by atoms with Crippen molar-refractivity contribution in [2.45, 2.75) is 38.6 Å². The fourth-order valence-corrected chi connectivity index (χ4v) is 4.79. The van der Waals surface area contributed by atoms with Gasteiger partial charge in [0.15, 0.2) is 0 Å². The van der Waals surface area contributed by atoms with E-state index >= 15 is 0 Å². The number of aliphatic carboxylic acids is 1. The maximum absolute atomic E-state index is 12.9. The third-order valence-corrected chi connectivity index (χ3v) is 6.31. The van der Waals surface area contributed by atoms with E-state index in [0.717, 1.165) is 11.3 Å². The standard InChI is InChI=1S/C19H24N2O4S/c1-12-4-2-3-5-15(12)20-17(22)16-10-26-11-21(16)18(23)13-6-8-14(9-7-13)19(24)25/h2-5,13-14,16H,6-11H2,1H3,(H,20,22)(H,24,25). The minimum atomic E-state index is -0.775. The number of carboxylic acids is 1. The van der Waals surface area contributed by atoms with Crippen molar-refractivity contribution in [3.8, 4) is 0 Å². The second-order valence-corrected chi connectivity index (χ2v) is 8.01. The molecule has 6 nitrogen and oxygen atoms in total. The van der Waals surface area contributed by atoms with Crippen molar-refractivity contribution >= 4 is 35.2 Å². The summed E-state index contributed by atoms with van der Waals surface area (Å²) in [5.74, 6) is -0.341. The van der Waals surface area contributed by atoms with Gasteiger partial charge in [-0.25, -0.2) is 0 Å². The van der Waals surface area contributed by atoms with Gasteiger partial charge in [0.2, 0.25) is 11.8 Å². The number of amides is 2. The zero-order chi connectivity index (χ0) is 18.7. The van der Waals surface area contributed by atoms with E-state index in [1.807, 2.05) is 31.2 Å². The van der Waals surface area contributed by atoms with E-state index in [1.165, 1.54) is 0 Å². The first-order valence-corrected chi connectivity index (χ1v) is 10.1. The molecule has 2 N–H and O–H groups in total. The summed E-state index contributed by atoms with van der Waals surface area (Å²) in [5, 5.41) is 12.0. The average Bonchev–Trinajstić information content (AvgIpc) is 3.13. The number of carbonyl (C=O) groups excluding carboxylic acids is 2. The Morgan fingerprint density at radius 1 is 1.12 bits per heavy atom. The van der Waals surface area contributed by atoms with Gasteiger partial charge in [0, 0.05) is 17.4 Å². The molecule has 7 heteroatoms. The van der Waals surface area contributed by atoms with E-state index in [9.17, 15) is 14.4 Å². The fraction of sp³-hybridized carbons (Fsp3) is 0.526. The largest absolute Gasteiger partial charge is 0.481 e. The smallest absolute Gasteiger partial charge is 0.306 e. The Bertz CT molecular complexity index is 701. The molecule has 0 radical (unpaired) electrons. The van der Waals surface area contributed by atoms with E-state index in [2.05, 4.69) is 5.32 Å². The maximum atomic E-state index is 12.9. The molecule has 140 valence electrons. The summed E-state index contributed by atoms with van der Waals surface area (Å²) < 4.78 is 0. The monoisotopic (exact) mass is 376 g/mol. The molecule has 2 amide bonds. The van der Waals surface area contributed by atoms with Crippen LogP contribution in [0, 0.1) is 18.8 Å². The second kappa shape index (κ2) is 8.12. The highest BCUT2D eigenvalue weighted by Crippen LogP contribution is 2.33. The Morgan fingerprint density at radius 2 is 1.77 bits per heavy atom. The van der Waals surface area contributed by atoms with E-state index in [0.29, 0.717) is 37.3 Å². The van der Waals surface area contributed by atoms with Crippen LogP contribution >= 0.6 is 11.8 Å². The summed E-state index contributed by atoms with van der Waals surface area (Å²) in [7, 11) is 0. The van der Waals surface area contributed by atoms with Crippen molar-refractivity contribution in [2.75, 3.05) is 16.9 Å². The van der Waals surface area contributed by atoms with Gasteiger partial charge < -0.3 is 15.3 Å². The number of carbonyl (C=O) groups is 3. The third kappa shape index (κ3) is 4.03. The lowest BCUT2D eigenvalue weighted by Gasteiger charge is -2.31. The topological polar surface area (TPSA) is 86.7 Å². The summed E-state index contributed by atoms with van der Waals surface area (Å²) in [6.45, 7) is 1.93. The van der Waals surface area contributed by atoms with Crippen LogP contribution in [0.5, 0.6) is 0 Å². The molecule has 1 saturated carbocycles. The van der Waals surface area contributed by atoms with Crippen molar-refractivity contribution in [2.24, 2.45) is 11.8 Å². The van der Waals surface area contributed by atoms with Gasteiger partial charge in [-0.15, -0.1) is 11.8 Å². The van der Waals surface area contributed by atoms with E-state index in [-0.39, 0.29) is 23.7 Å². The molecule has 2 aliphatic rings. The van der Waals surface area contributed by atoms with Gasteiger partial charge in [-0.1, -0.05) is 18.2 Å². The molecular weight excluding hydrogens is 352 g/mol. The van der Waals surface area contributed by atoms with Crippen LogP contribution in [-0.4, -0.2) is 45.5 Å². The van der Waals surface area contributed by atoms with Gasteiger partial charge in [0.05, 0.1) is 11.8 Å². The first kappa shape index (κ1) is 18.8. The van der Waals surface area contributed by atoms with Gasteiger partial charge in [-0.05, 0) is 44.2 Å². The minimum Gasteiger partial charge on any atom is -0.481 e. The molecule has 1 saturated heterocycles. The number of aryl methyl sites for hydroxylation is 1. The van der Waals surface area contributed by atoms with Crippen molar-refractivity contribution < 1.29 is 19.5 Å². The quantitative estimate of drug-likeness (QED) is 0.844. The second-order valence-electron chi connectivity index (χ2n) is 7.01. The van der Waals surface area contributed by atoms with Crippen LogP contribution in [0.25, 0.3) is 0 Å². The third-order valence-electron chi connectivity index (χ3n) is 5.30. The predicted octanol–water partition coefficient (Wildman–Crippen LogP) is 2.73. The van der Waals surface area contributed by atoms with Crippen molar-refractivity contribution in [3.05, 3.63) is 29.8 Å². The van der Waals surface area contributed by atoms with Gasteiger partial charge in [-0.3, -0.25) is 14.4 Å². The van der Waals surface area contributed by atoms with Crippen molar-refractivity contribution in [3.63, 3.8) is 0 Å². The van der Waals surface area contributed by atoms with Gasteiger partial charge in [0.1, 0.15) is 6.04 Å². The Kier molecular flexibility index (Phi) is 5.86. The predicted molar refractivity (Wildman–Crippen MR) is 101 cm³/mol. The molecule has 26 heavy (non-hydrogen) atoms. The highest BCUT2D eigenvalue weighted by molar-refractivity contribution is 7.99. The highest BCUT2D eigenvalue weighted by Gasteiger charge is 2.39. The molecule has 0 spiro atoms. The number of thioether (sulfide) groups is 1. The van der Waals surface area contributed by atoms with Crippen LogP contribution in [-0.2, 0) is 14.4 Å². The number of carboxylic acid groups (broad SMARTS) is 1. The summed E-state index contributed by atoms with van der Waals surface area (Å²) >= 11 is 1.58. The summed E-state index contributed by atoms with van der Waals surface area (Å²) in [6, 6.07) is 7.11. The number of nitrogens with one attached hydrogen (secondary N) is 1. The molecular formula is C19H24N2O4S. The molecule has 1 aromatic rings. The molecule has 1 heterocycles. The Balaban J connectivity index is 1.62. The van der Waals surface area contributed by atoms with E-state index < -0.39 is 12.0 Å². The normalized spacial score (nSPS) is 25.7. The maximum Gasteiger partial charge on any atom is 0.306 e. The number of benzene rings is 1. The molecule has 1 atom stereocenters. The fourth-order valence-electron chi connectivity index (χ4n) is 3.63. The molecule has 0 aromatic heterocycles. The van der Waals surface area contributed by atoms with Crippen LogP contribution in [0.15, 0.2) is 24.3 Å². The zero-order valence-electron chi connectivity index (χ0n) is 14.8. The van der Waals surface area contributed by atoms with Crippen molar-refractivity contribution in [1.82, 2.24) is 4.90 Å². The lowest BCUT2D eigenvalue weighted by atomic mass is 9.81. The minimum absolute atomic E-state index is 0.0104. The van der Waals surface area contributed by atoms with Crippen LogP contribution < -0.4 is 5.32 Å². The number of nitrogens with zero attached hydrogens (tertiary/aromatic N) is 1. The number of rotatable bonds is 4. The molecule has 1 aromatic carbocycles. The SMILES string of the molecule is Cc1ccccc1NC(=O)C1CSCN1C(=O)C1CCC(C(=O)O)CC1. The lowest BCUT2D eigenvalue weighted by molar-refractivity contribution is -0.146. The Hall–Kier alpha value is -2.02. The number of para-hydroxylation sites is 1. The van der Waals surface area contributed by atoms with E-state index in [1.54, 1.807) is 16.7 Å². The summed E-state index contributed by atoms with van der Waals surface area (Å²) in [4.78, 5) is 38.4. The van der Waals surface area contributed by atoms with Gasteiger partial charge >= 0.3 is 5.97 Å².